The number of hydrogen-bond donors (Lipinski definition) is 1. The molecule has 1 amide bonds. The molecule has 3 nitrogen and oxygen atoms in total. The highest BCUT2D eigenvalue weighted by Crippen LogP contribution is 2.17. The number of hydrogen-bond acceptors (Lipinski definition) is 2. The number of rotatable bonds is 5. The Kier molecular flexibility index (Phi) is 4.99. The minimum atomic E-state index is -0.518. The molecule has 110 valence electrons. The largest absolute Gasteiger partial charge is 0.481 e. The van der Waals surface area contributed by atoms with Crippen LogP contribution in [0.15, 0.2) is 48.5 Å². The van der Waals surface area contributed by atoms with Gasteiger partial charge in [0.25, 0.3) is 5.91 Å². The third kappa shape index (κ3) is 4.35. The molecule has 3 heteroatoms. The summed E-state index contributed by atoms with van der Waals surface area (Å²) in [5.74, 6) is 0.609. The maximum absolute atomic E-state index is 12.0. The van der Waals surface area contributed by atoms with E-state index in [9.17, 15) is 4.79 Å². The molecule has 21 heavy (non-hydrogen) atoms. The van der Waals surface area contributed by atoms with Gasteiger partial charge < -0.3 is 10.1 Å². The van der Waals surface area contributed by atoms with Gasteiger partial charge in [-0.1, -0.05) is 36.4 Å². The van der Waals surface area contributed by atoms with E-state index in [1.807, 2.05) is 55.5 Å². The van der Waals surface area contributed by atoms with Gasteiger partial charge in [-0.05, 0) is 49.6 Å². The summed E-state index contributed by atoms with van der Waals surface area (Å²) in [4.78, 5) is 12.0. The second-order valence-corrected chi connectivity index (χ2v) is 5.21. The van der Waals surface area contributed by atoms with Crippen LogP contribution in [0.25, 0.3) is 0 Å². The monoisotopic (exact) mass is 283 g/mol. The number of amides is 1. The molecule has 1 atom stereocenters. The summed E-state index contributed by atoms with van der Waals surface area (Å²) in [6, 6.07) is 15.7. The van der Waals surface area contributed by atoms with Crippen LogP contribution >= 0.6 is 0 Å². The van der Waals surface area contributed by atoms with Crippen LogP contribution in [0.2, 0.25) is 0 Å². The van der Waals surface area contributed by atoms with Crippen LogP contribution in [0.1, 0.15) is 23.6 Å². The molecule has 0 heterocycles. The molecule has 0 spiro atoms. The van der Waals surface area contributed by atoms with Crippen LogP contribution in [0, 0.1) is 13.8 Å². The molecule has 0 aliphatic carbocycles. The van der Waals surface area contributed by atoms with Crippen molar-refractivity contribution in [1.82, 2.24) is 5.32 Å². The first-order valence-electron chi connectivity index (χ1n) is 7.12. The lowest BCUT2D eigenvalue weighted by Crippen LogP contribution is -2.35. The zero-order chi connectivity index (χ0) is 15.2. The normalized spacial score (nSPS) is 11.8. The molecule has 0 unspecified atom stereocenters. The van der Waals surface area contributed by atoms with Crippen molar-refractivity contribution in [3.05, 3.63) is 65.2 Å². The van der Waals surface area contributed by atoms with Gasteiger partial charge in [0, 0.05) is 6.54 Å². The Morgan fingerprint density at radius 3 is 2.48 bits per heavy atom. The number of nitrogens with one attached hydrogen (secondary N) is 1. The average Bonchev–Trinajstić information content (AvgIpc) is 2.49. The lowest BCUT2D eigenvalue weighted by Gasteiger charge is -2.15. The minimum absolute atomic E-state index is 0.114. The SMILES string of the molecule is Cc1ccc(O[C@@H](C)C(=O)NCc2ccccc2)cc1C. The highest BCUT2D eigenvalue weighted by molar-refractivity contribution is 5.80. The summed E-state index contributed by atoms with van der Waals surface area (Å²) in [6.45, 7) is 6.35. The third-order valence-corrected chi connectivity index (χ3v) is 3.47. The molecule has 0 bridgehead atoms. The van der Waals surface area contributed by atoms with Crippen molar-refractivity contribution >= 4 is 5.91 Å². The van der Waals surface area contributed by atoms with Crippen molar-refractivity contribution in [2.45, 2.75) is 33.4 Å². The highest BCUT2D eigenvalue weighted by atomic mass is 16.5. The molecule has 0 saturated carbocycles. The average molecular weight is 283 g/mol. The van der Waals surface area contributed by atoms with Crippen molar-refractivity contribution in [3.8, 4) is 5.75 Å². The first-order valence-corrected chi connectivity index (χ1v) is 7.12. The Hall–Kier alpha value is -2.29. The third-order valence-electron chi connectivity index (χ3n) is 3.47. The van der Waals surface area contributed by atoms with E-state index < -0.39 is 6.10 Å². The number of aryl methyl sites for hydroxylation is 2. The highest BCUT2D eigenvalue weighted by Gasteiger charge is 2.14. The second kappa shape index (κ2) is 6.93. The van der Waals surface area contributed by atoms with Gasteiger partial charge >= 0.3 is 0 Å². The van der Waals surface area contributed by atoms with Crippen LogP contribution < -0.4 is 10.1 Å². The summed E-state index contributed by atoms with van der Waals surface area (Å²) < 4.78 is 5.69. The van der Waals surface area contributed by atoms with E-state index in [0.29, 0.717) is 6.54 Å². The van der Waals surface area contributed by atoms with Crippen LogP contribution in [-0.2, 0) is 11.3 Å². The molecule has 2 aromatic carbocycles. The van der Waals surface area contributed by atoms with Crippen molar-refractivity contribution in [2.75, 3.05) is 0 Å². The maximum atomic E-state index is 12.0. The summed E-state index contributed by atoms with van der Waals surface area (Å²) in [7, 11) is 0. The van der Waals surface area contributed by atoms with Gasteiger partial charge in [0.05, 0.1) is 0 Å². The summed E-state index contributed by atoms with van der Waals surface area (Å²) in [5, 5.41) is 2.88. The fourth-order valence-corrected chi connectivity index (χ4v) is 1.97. The zero-order valence-electron chi connectivity index (χ0n) is 12.7. The summed E-state index contributed by atoms with van der Waals surface area (Å²) >= 11 is 0. The molecule has 0 saturated heterocycles. The van der Waals surface area contributed by atoms with Crippen molar-refractivity contribution in [2.24, 2.45) is 0 Å². The molecule has 2 aromatic rings. The fraction of sp³-hybridized carbons (Fsp3) is 0.278. The van der Waals surface area contributed by atoms with Gasteiger partial charge in [-0.15, -0.1) is 0 Å². The van der Waals surface area contributed by atoms with Gasteiger partial charge in [0.15, 0.2) is 6.10 Å². The Bertz CT molecular complexity index is 608. The van der Waals surface area contributed by atoms with Crippen LogP contribution in [-0.4, -0.2) is 12.0 Å². The topological polar surface area (TPSA) is 38.3 Å². The van der Waals surface area contributed by atoms with Gasteiger partial charge in [-0.2, -0.15) is 0 Å². The fourth-order valence-electron chi connectivity index (χ4n) is 1.97. The van der Waals surface area contributed by atoms with E-state index >= 15 is 0 Å². The molecule has 0 aliphatic rings. The lowest BCUT2D eigenvalue weighted by molar-refractivity contribution is -0.127. The first-order chi connectivity index (χ1) is 10.1. The number of carbonyl (C=O) groups excluding carboxylic acids is 1. The van der Waals surface area contributed by atoms with E-state index in [1.54, 1.807) is 6.92 Å². The van der Waals surface area contributed by atoms with Crippen molar-refractivity contribution in [3.63, 3.8) is 0 Å². The van der Waals surface area contributed by atoms with Crippen molar-refractivity contribution < 1.29 is 9.53 Å². The Morgan fingerprint density at radius 2 is 1.81 bits per heavy atom. The molecule has 0 aliphatic heterocycles. The van der Waals surface area contributed by atoms with Gasteiger partial charge in [-0.3, -0.25) is 4.79 Å². The van der Waals surface area contributed by atoms with Gasteiger partial charge in [0.2, 0.25) is 0 Å². The summed E-state index contributed by atoms with van der Waals surface area (Å²) in [5.41, 5.74) is 3.44. The number of benzene rings is 2. The molecule has 0 radical (unpaired) electrons. The van der Waals surface area contributed by atoms with E-state index in [-0.39, 0.29) is 5.91 Å². The van der Waals surface area contributed by atoms with Gasteiger partial charge in [0.1, 0.15) is 5.75 Å². The van der Waals surface area contributed by atoms with Crippen LogP contribution in [0.3, 0.4) is 0 Å². The predicted molar refractivity (Wildman–Crippen MR) is 84.3 cm³/mol. The Labute approximate surface area is 126 Å². The predicted octanol–water partition coefficient (Wildman–Crippen LogP) is 3.39. The van der Waals surface area contributed by atoms with E-state index in [2.05, 4.69) is 12.2 Å². The first kappa shape index (κ1) is 15.1. The van der Waals surface area contributed by atoms with E-state index in [1.165, 1.54) is 5.56 Å². The summed E-state index contributed by atoms with van der Waals surface area (Å²) in [6.07, 6.45) is -0.518. The minimum Gasteiger partial charge on any atom is -0.481 e. The molecular formula is C18H21NO2. The van der Waals surface area contributed by atoms with E-state index in [0.717, 1.165) is 16.9 Å². The Balaban J connectivity index is 1.88. The van der Waals surface area contributed by atoms with Crippen LogP contribution in [0.4, 0.5) is 0 Å². The molecule has 2 rings (SSSR count). The van der Waals surface area contributed by atoms with E-state index in [4.69, 9.17) is 4.74 Å². The molecule has 0 aromatic heterocycles. The quantitative estimate of drug-likeness (QED) is 0.913. The standard InChI is InChI=1S/C18H21NO2/c1-13-9-10-17(11-14(13)2)21-15(3)18(20)19-12-16-7-5-4-6-8-16/h4-11,15H,12H2,1-3H3,(H,19,20)/t15-/m0/s1. The smallest absolute Gasteiger partial charge is 0.261 e. The zero-order valence-corrected chi connectivity index (χ0v) is 12.7. The van der Waals surface area contributed by atoms with Crippen molar-refractivity contribution in [1.29, 1.82) is 0 Å². The lowest BCUT2D eigenvalue weighted by atomic mass is 10.1. The number of ether oxygens (including phenoxy) is 1. The molecule has 0 fully saturated rings. The van der Waals surface area contributed by atoms with Crippen LogP contribution in [0.5, 0.6) is 5.75 Å². The second-order valence-electron chi connectivity index (χ2n) is 5.21. The molecular weight excluding hydrogens is 262 g/mol. The maximum Gasteiger partial charge on any atom is 0.261 e. The number of carbonyl (C=O) groups is 1. The molecule has 1 N–H and O–H groups in total. The van der Waals surface area contributed by atoms with Gasteiger partial charge in [-0.25, -0.2) is 0 Å². The Morgan fingerprint density at radius 1 is 1.10 bits per heavy atom.